The van der Waals surface area contributed by atoms with Gasteiger partial charge < -0.3 is 10.1 Å². The third-order valence-electron chi connectivity index (χ3n) is 2.25. The second-order valence-corrected chi connectivity index (χ2v) is 3.44. The Labute approximate surface area is 103 Å². The Morgan fingerprint density at radius 3 is 3.00 bits per heavy atom. The van der Waals surface area contributed by atoms with E-state index in [1.54, 1.807) is 31.4 Å². The van der Waals surface area contributed by atoms with Crippen molar-refractivity contribution in [1.29, 1.82) is 5.26 Å². The molecule has 2 rings (SSSR count). The maximum Gasteiger partial charge on any atom is 0.270 e. The summed E-state index contributed by atoms with van der Waals surface area (Å²) in [5.74, 6) is 0.961. The lowest BCUT2D eigenvalue weighted by molar-refractivity contribution is 0.415. The number of methoxy groups -OCH3 is 1. The Morgan fingerprint density at radius 1 is 1.50 bits per heavy atom. The Hall–Kier alpha value is -2.81. The van der Waals surface area contributed by atoms with Crippen LogP contribution in [-0.2, 0) is 0 Å². The molecule has 6 heteroatoms. The van der Waals surface area contributed by atoms with Crippen molar-refractivity contribution < 1.29 is 4.74 Å². The third-order valence-corrected chi connectivity index (χ3v) is 2.25. The number of hydrogen-bond acceptors (Lipinski definition) is 5. The van der Waals surface area contributed by atoms with Gasteiger partial charge in [0, 0.05) is 11.8 Å². The van der Waals surface area contributed by atoms with Gasteiger partial charge in [0.2, 0.25) is 5.95 Å². The summed E-state index contributed by atoms with van der Waals surface area (Å²) in [6, 6.07) is 8.93. The predicted molar refractivity (Wildman–Crippen MR) is 65.8 cm³/mol. The van der Waals surface area contributed by atoms with Crippen molar-refractivity contribution in [2.45, 2.75) is 0 Å². The highest BCUT2D eigenvalue weighted by Crippen LogP contribution is 2.18. The molecule has 0 fully saturated rings. The molecule has 90 valence electrons. The van der Waals surface area contributed by atoms with E-state index in [1.807, 2.05) is 6.07 Å². The van der Waals surface area contributed by atoms with Crippen molar-refractivity contribution in [2.24, 2.45) is 0 Å². The van der Waals surface area contributed by atoms with Gasteiger partial charge in [0.05, 0.1) is 13.3 Å². The quantitative estimate of drug-likeness (QED) is 0.848. The van der Waals surface area contributed by atoms with E-state index in [4.69, 9.17) is 10.00 Å². The van der Waals surface area contributed by atoms with Crippen molar-refractivity contribution in [1.82, 2.24) is 9.97 Å². The van der Waals surface area contributed by atoms with Crippen molar-refractivity contribution in [3.05, 3.63) is 46.4 Å². The van der Waals surface area contributed by atoms with E-state index in [1.165, 1.54) is 6.20 Å². The molecule has 0 saturated heterocycles. The minimum absolute atomic E-state index is 0.0220. The molecule has 0 aliphatic carbocycles. The summed E-state index contributed by atoms with van der Waals surface area (Å²) in [7, 11) is 1.57. The fourth-order valence-electron chi connectivity index (χ4n) is 1.38. The smallest absolute Gasteiger partial charge is 0.270 e. The largest absolute Gasteiger partial charge is 0.497 e. The van der Waals surface area contributed by atoms with Crippen molar-refractivity contribution >= 4 is 11.6 Å². The predicted octanol–water partition coefficient (Wildman–Crippen LogP) is 1.39. The highest BCUT2D eigenvalue weighted by molar-refractivity contribution is 5.55. The van der Waals surface area contributed by atoms with E-state index in [2.05, 4.69) is 15.3 Å². The molecule has 18 heavy (non-hydrogen) atoms. The van der Waals surface area contributed by atoms with Crippen molar-refractivity contribution in [2.75, 3.05) is 12.4 Å². The molecular weight excluding hydrogens is 232 g/mol. The number of anilines is 2. The van der Waals surface area contributed by atoms with E-state index in [0.29, 0.717) is 5.75 Å². The molecule has 2 N–H and O–H groups in total. The average Bonchev–Trinajstić information content (AvgIpc) is 2.39. The summed E-state index contributed by atoms with van der Waals surface area (Å²) in [5, 5.41) is 11.5. The van der Waals surface area contributed by atoms with Crippen LogP contribution in [0.4, 0.5) is 11.6 Å². The number of rotatable bonds is 3. The van der Waals surface area contributed by atoms with Gasteiger partial charge in [-0.3, -0.25) is 9.78 Å². The molecule has 0 atom stereocenters. The van der Waals surface area contributed by atoms with Gasteiger partial charge in [-0.2, -0.15) is 5.26 Å². The highest BCUT2D eigenvalue weighted by Gasteiger charge is 2.02. The van der Waals surface area contributed by atoms with Crippen LogP contribution in [0, 0.1) is 11.3 Å². The van der Waals surface area contributed by atoms with Crippen molar-refractivity contribution in [3.63, 3.8) is 0 Å². The average molecular weight is 242 g/mol. The van der Waals surface area contributed by atoms with Crippen LogP contribution in [0.2, 0.25) is 0 Å². The lowest BCUT2D eigenvalue weighted by Gasteiger charge is -2.06. The number of H-pyrrole nitrogens is 1. The van der Waals surface area contributed by atoms with Gasteiger partial charge in [-0.05, 0) is 12.1 Å². The zero-order valence-electron chi connectivity index (χ0n) is 9.60. The molecule has 1 aromatic carbocycles. The van der Waals surface area contributed by atoms with Gasteiger partial charge in [-0.1, -0.05) is 6.07 Å². The summed E-state index contributed by atoms with van der Waals surface area (Å²) in [5.41, 5.74) is 0.228. The fourth-order valence-corrected chi connectivity index (χ4v) is 1.38. The number of nitriles is 1. The Morgan fingerprint density at radius 2 is 2.33 bits per heavy atom. The van der Waals surface area contributed by atoms with Crippen LogP contribution < -0.4 is 15.6 Å². The SMILES string of the molecule is COc1cccc(Nc2ncc(C#N)c(=O)[nH]2)c1. The van der Waals surface area contributed by atoms with E-state index >= 15 is 0 Å². The number of aromatic amines is 1. The van der Waals surface area contributed by atoms with Crippen LogP contribution in [0.5, 0.6) is 5.75 Å². The molecule has 0 bridgehead atoms. The highest BCUT2D eigenvalue weighted by atomic mass is 16.5. The van der Waals surface area contributed by atoms with Crippen LogP contribution in [0.25, 0.3) is 0 Å². The van der Waals surface area contributed by atoms with Gasteiger partial charge in [0.1, 0.15) is 17.4 Å². The second kappa shape index (κ2) is 5.01. The molecular formula is C12H10N4O2. The van der Waals surface area contributed by atoms with E-state index in [9.17, 15) is 4.79 Å². The van der Waals surface area contributed by atoms with E-state index in [-0.39, 0.29) is 11.5 Å². The summed E-state index contributed by atoms with van der Waals surface area (Å²) in [6.45, 7) is 0. The first-order valence-corrected chi connectivity index (χ1v) is 5.13. The minimum Gasteiger partial charge on any atom is -0.497 e. The molecule has 0 radical (unpaired) electrons. The molecule has 2 aromatic rings. The number of aromatic nitrogens is 2. The van der Waals surface area contributed by atoms with E-state index in [0.717, 1.165) is 5.69 Å². The first-order chi connectivity index (χ1) is 8.72. The normalized spacial score (nSPS) is 9.56. The van der Waals surface area contributed by atoms with Gasteiger partial charge in [0.25, 0.3) is 5.56 Å². The summed E-state index contributed by atoms with van der Waals surface area (Å²) in [4.78, 5) is 17.8. The molecule has 0 amide bonds. The Kier molecular flexibility index (Phi) is 3.25. The van der Waals surface area contributed by atoms with Gasteiger partial charge in [0.15, 0.2) is 0 Å². The molecule has 0 aliphatic heterocycles. The molecule has 0 aliphatic rings. The van der Waals surface area contributed by atoms with E-state index < -0.39 is 5.56 Å². The first kappa shape index (κ1) is 11.7. The minimum atomic E-state index is -0.474. The number of nitrogens with zero attached hydrogens (tertiary/aromatic N) is 2. The van der Waals surface area contributed by atoms with Crippen LogP contribution in [0.1, 0.15) is 5.56 Å². The standard InChI is InChI=1S/C12H10N4O2/c1-18-10-4-2-3-9(5-10)15-12-14-7-8(6-13)11(17)16-12/h2-5,7H,1H3,(H2,14,15,16,17). The summed E-state index contributed by atoms with van der Waals surface area (Å²) < 4.78 is 5.08. The second-order valence-electron chi connectivity index (χ2n) is 3.44. The summed E-state index contributed by atoms with van der Waals surface area (Å²) >= 11 is 0. The fraction of sp³-hybridized carbons (Fsp3) is 0.0833. The maximum atomic E-state index is 11.4. The van der Waals surface area contributed by atoms with Crippen molar-refractivity contribution in [3.8, 4) is 11.8 Å². The number of benzene rings is 1. The number of nitrogens with one attached hydrogen (secondary N) is 2. The zero-order valence-corrected chi connectivity index (χ0v) is 9.60. The third kappa shape index (κ3) is 2.47. The Bertz CT molecular complexity index is 658. The molecule has 6 nitrogen and oxygen atoms in total. The maximum absolute atomic E-state index is 11.4. The Balaban J connectivity index is 2.26. The first-order valence-electron chi connectivity index (χ1n) is 5.13. The zero-order chi connectivity index (χ0) is 13.0. The lowest BCUT2D eigenvalue weighted by atomic mass is 10.3. The van der Waals surface area contributed by atoms with Gasteiger partial charge in [-0.15, -0.1) is 0 Å². The van der Waals surface area contributed by atoms with Crippen LogP contribution in [-0.4, -0.2) is 17.1 Å². The molecule has 0 saturated carbocycles. The molecule has 0 spiro atoms. The molecule has 0 unspecified atom stereocenters. The lowest BCUT2D eigenvalue weighted by Crippen LogP contribution is -2.13. The molecule has 1 heterocycles. The van der Waals surface area contributed by atoms with Crippen LogP contribution in [0.15, 0.2) is 35.3 Å². The molecule has 1 aromatic heterocycles. The monoisotopic (exact) mass is 242 g/mol. The summed E-state index contributed by atoms with van der Waals surface area (Å²) in [6.07, 6.45) is 1.22. The topological polar surface area (TPSA) is 90.8 Å². The van der Waals surface area contributed by atoms with Crippen LogP contribution >= 0.6 is 0 Å². The van der Waals surface area contributed by atoms with Gasteiger partial charge >= 0.3 is 0 Å². The van der Waals surface area contributed by atoms with Crippen LogP contribution in [0.3, 0.4) is 0 Å². The number of hydrogen-bond donors (Lipinski definition) is 2. The number of ether oxygens (including phenoxy) is 1. The van der Waals surface area contributed by atoms with Gasteiger partial charge in [-0.25, -0.2) is 4.98 Å².